The van der Waals surface area contributed by atoms with Crippen molar-refractivity contribution in [3.63, 3.8) is 0 Å². The summed E-state index contributed by atoms with van der Waals surface area (Å²) in [6, 6.07) is 50.9. The molecule has 0 saturated heterocycles. The Morgan fingerprint density at radius 3 is 1.85 bits per heavy atom. The van der Waals surface area contributed by atoms with Crippen molar-refractivity contribution < 1.29 is 4.42 Å². The van der Waals surface area contributed by atoms with Crippen LogP contribution in [0, 0.1) is 6.92 Å². The highest BCUT2D eigenvalue weighted by Crippen LogP contribution is 2.52. The van der Waals surface area contributed by atoms with Gasteiger partial charge in [0, 0.05) is 49.7 Å². The minimum Gasteiger partial charge on any atom is -0.456 e. The van der Waals surface area contributed by atoms with Gasteiger partial charge in [-0.1, -0.05) is 133 Å². The third kappa shape index (κ3) is 6.03. The van der Waals surface area contributed by atoms with Gasteiger partial charge in [0.1, 0.15) is 11.2 Å². The fourth-order valence-electron chi connectivity index (χ4n) is 12.5. The van der Waals surface area contributed by atoms with Crippen LogP contribution in [0.25, 0.3) is 82.5 Å². The van der Waals surface area contributed by atoms with Crippen molar-refractivity contribution >= 4 is 84.1 Å². The Kier molecular flexibility index (Phi) is 8.38. The van der Waals surface area contributed by atoms with E-state index < -0.39 is 0 Å². The molecule has 2 aromatic heterocycles. The highest BCUT2D eigenvalue weighted by Gasteiger charge is 2.41. The highest BCUT2D eigenvalue weighted by atomic mass is 16.3. The number of nitrogens with zero attached hydrogens (tertiary/aromatic N) is 1. The Bertz CT molecular complexity index is 3760. The molecule has 8 aromatic carbocycles. The molecule has 3 nitrogen and oxygen atoms in total. The predicted molar refractivity (Wildman–Crippen MR) is 286 cm³/mol. The van der Waals surface area contributed by atoms with Crippen LogP contribution in [0.15, 0.2) is 138 Å². The molecular weight excluding hydrogens is 812 g/mol. The van der Waals surface area contributed by atoms with E-state index in [1.807, 2.05) is 0 Å². The van der Waals surface area contributed by atoms with Gasteiger partial charge >= 0.3 is 0 Å². The first kappa shape index (κ1) is 40.7. The first-order valence-corrected chi connectivity index (χ1v) is 24.6. The second-order valence-electron chi connectivity index (χ2n) is 23.0. The SMILES string of the molecule is Cc1ccc(Nc2cc3c(cc2-c2cc(-c4ccc5oc6ccccc6c5c4)c4c5cc6ccccc6cc5n5c4c2[B]c2cc4c(cc2-5)C(C)(C)CCC4(C)C)C(C)(C)CCC3(C)C)cc1. The minimum atomic E-state index is 0.0162. The molecule has 0 fully saturated rings. The van der Waals surface area contributed by atoms with Gasteiger partial charge in [0.15, 0.2) is 7.28 Å². The third-order valence-corrected chi connectivity index (χ3v) is 16.8. The molecule has 3 heterocycles. The zero-order valence-corrected chi connectivity index (χ0v) is 40.5. The molecule has 2 aliphatic carbocycles. The van der Waals surface area contributed by atoms with Crippen LogP contribution in [0.1, 0.15) is 109 Å². The number of aromatic nitrogens is 1. The maximum atomic E-state index is 6.46. The average Bonchev–Trinajstić information content (AvgIpc) is 3.85. The summed E-state index contributed by atoms with van der Waals surface area (Å²) >= 11 is 0. The molecular formula is C63H58BN2O. The lowest BCUT2D eigenvalue weighted by molar-refractivity contribution is 0.332. The Morgan fingerprint density at radius 1 is 0.522 bits per heavy atom. The Labute approximate surface area is 395 Å². The van der Waals surface area contributed by atoms with E-state index in [0.29, 0.717) is 0 Å². The third-order valence-electron chi connectivity index (χ3n) is 16.8. The minimum absolute atomic E-state index is 0.0162. The zero-order chi connectivity index (χ0) is 45.9. The predicted octanol–water partition coefficient (Wildman–Crippen LogP) is 15.9. The number of aryl methyl sites for hydroxylation is 1. The summed E-state index contributed by atoms with van der Waals surface area (Å²) < 4.78 is 9.12. The standard InChI is InChI=1S/C63H58BN2O/c1-36-18-21-40(22-19-36)65-52-34-49-47(60(2,3)24-26-62(49,6)7)32-43(52)45-31-42(39-20-23-56-44(29-39)41-16-12-13-17-55(41)67-56)57-46-28-37-14-10-11-15-38(37)30-53(46)66-54-35-50-48(33-51(54)64-58(45)59(57)66)61(4,5)25-27-63(50,8)9/h10-23,28-35,65H,24-27H2,1-9H3. The van der Waals surface area contributed by atoms with Crippen LogP contribution in [0.5, 0.6) is 0 Å². The average molecular weight is 870 g/mol. The number of hydrogen-bond acceptors (Lipinski definition) is 2. The molecule has 0 bridgehead atoms. The van der Waals surface area contributed by atoms with Gasteiger partial charge in [-0.05, 0) is 176 Å². The number of fused-ring (bicyclic) bond motifs is 11. The molecule has 0 atom stereocenters. The number of anilines is 2. The number of para-hydroxylation sites is 1. The topological polar surface area (TPSA) is 30.1 Å². The molecule has 1 N–H and O–H groups in total. The molecule has 1 radical (unpaired) electrons. The van der Waals surface area contributed by atoms with Crippen LogP contribution >= 0.6 is 0 Å². The lowest BCUT2D eigenvalue weighted by Crippen LogP contribution is -2.41. The molecule has 3 aliphatic rings. The lowest BCUT2D eigenvalue weighted by Gasteiger charge is -2.43. The number of hydrogen-bond donors (Lipinski definition) is 1. The molecule has 1 aliphatic heterocycles. The van der Waals surface area contributed by atoms with Crippen molar-refractivity contribution in [2.45, 2.75) is 110 Å². The molecule has 0 unspecified atom stereocenters. The monoisotopic (exact) mass is 869 g/mol. The molecule has 329 valence electrons. The van der Waals surface area contributed by atoms with Crippen molar-refractivity contribution in [3.8, 4) is 27.9 Å². The van der Waals surface area contributed by atoms with Crippen molar-refractivity contribution in [3.05, 3.63) is 161 Å². The Morgan fingerprint density at radius 2 is 1.13 bits per heavy atom. The second-order valence-corrected chi connectivity index (χ2v) is 23.0. The summed E-state index contributed by atoms with van der Waals surface area (Å²) in [5, 5.41) is 11.4. The number of rotatable bonds is 4. The van der Waals surface area contributed by atoms with E-state index in [1.165, 1.54) is 112 Å². The molecule has 13 rings (SSSR count). The number of furan rings is 1. The molecule has 4 heteroatoms. The van der Waals surface area contributed by atoms with Gasteiger partial charge in [-0.15, -0.1) is 0 Å². The maximum Gasteiger partial charge on any atom is 0.197 e. The van der Waals surface area contributed by atoms with Crippen LogP contribution in [0.3, 0.4) is 0 Å². The van der Waals surface area contributed by atoms with Crippen LogP contribution < -0.4 is 16.2 Å². The largest absolute Gasteiger partial charge is 0.456 e. The summed E-state index contributed by atoms with van der Waals surface area (Å²) in [6.45, 7) is 21.8. The van der Waals surface area contributed by atoms with E-state index in [4.69, 9.17) is 4.42 Å². The molecule has 0 amide bonds. The Balaban J connectivity index is 1.21. The first-order valence-electron chi connectivity index (χ1n) is 24.6. The number of nitrogens with one attached hydrogen (secondary N) is 1. The van der Waals surface area contributed by atoms with Crippen LogP contribution in [0.4, 0.5) is 11.4 Å². The summed E-state index contributed by atoms with van der Waals surface area (Å²) in [6.07, 6.45) is 4.64. The van der Waals surface area contributed by atoms with Gasteiger partial charge in [-0.3, -0.25) is 0 Å². The zero-order valence-electron chi connectivity index (χ0n) is 40.5. The fraction of sp³-hybridized carbons (Fsp3) is 0.270. The van der Waals surface area contributed by atoms with Crippen molar-refractivity contribution in [2.24, 2.45) is 0 Å². The summed E-state index contributed by atoms with van der Waals surface area (Å²) in [7, 11) is 2.56. The molecule has 67 heavy (non-hydrogen) atoms. The quantitative estimate of drug-likeness (QED) is 0.179. The van der Waals surface area contributed by atoms with Gasteiger partial charge in [-0.25, -0.2) is 0 Å². The van der Waals surface area contributed by atoms with E-state index in [-0.39, 0.29) is 21.7 Å². The van der Waals surface area contributed by atoms with Gasteiger partial charge in [0.05, 0.1) is 5.52 Å². The smallest absolute Gasteiger partial charge is 0.197 e. The van der Waals surface area contributed by atoms with Gasteiger partial charge in [-0.2, -0.15) is 0 Å². The Hall–Kier alpha value is -6.52. The van der Waals surface area contributed by atoms with E-state index in [1.54, 1.807) is 0 Å². The van der Waals surface area contributed by atoms with E-state index >= 15 is 0 Å². The van der Waals surface area contributed by atoms with E-state index in [9.17, 15) is 0 Å². The normalized spacial score (nSPS) is 17.4. The van der Waals surface area contributed by atoms with Crippen molar-refractivity contribution in [2.75, 3.05) is 5.32 Å². The maximum absolute atomic E-state index is 6.46. The second kappa shape index (κ2) is 13.8. The van der Waals surface area contributed by atoms with Gasteiger partial charge in [0.2, 0.25) is 0 Å². The van der Waals surface area contributed by atoms with Crippen LogP contribution in [-0.2, 0) is 21.7 Å². The van der Waals surface area contributed by atoms with Gasteiger partial charge in [0.25, 0.3) is 0 Å². The van der Waals surface area contributed by atoms with E-state index in [2.05, 4.69) is 213 Å². The molecule has 10 aromatic rings. The van der Waals surface area contributed by atoms with E-state index in [0.717, 1.165) is 46.2 Å². The summed E-state index contributed by atoms with van der Waals surface area (Å²) in [5.41, 5.74) is 22.6. The fourth-order valence-corrected chi connectivity index (χ4v) is 12.5. The van der Waals surface area contributed by atoms with Gasteiger partial charge < -0.3 is 14.3 Å². The van der Waals surface area contributed by atoms with Crippen molar-refractivity contribution in [1.82, 2.24) is 4.57 Å². The van der Waals surface area contributed by atoms with Crippen molar-refractivity contribution in [1.29, 1.82) is 0 Å². The summed E-state index contributed by atoms with van der Waals surface area (Å²) in [5.74, 6) is 0. The first-order chi connectivity index (χ1) is 32.0. The lowest BCUT2D eigenvalue weighted by atomic mass is 9.55. The number of benzene rings is 8. The van der Waals surface area contributed by atoms with Crippen LogP contribution in [0.2, 0.25) is 0 Å². The van der Waals surface area contributed by atoms with Crippen LogP contribution in [-0.4, -0.2) is 11.8 Å². The summed E-state index contributed by atoms with van der Waals surface area (Å²) in [4.78, 5) is 0. The highest BCUT2D eigenvalue weighted by molar-refractivity contribution is 6.73. The molecule has 0 saturated carbocycles. The molecule has 0 spiro atoms.